The SMILES string of the molecule is CSc1ccccc1NC(=O)N1CCC([C@H](C)N2CCN(C)CC2)CC1. The van der Waals surface area contributed by atoms with E-state index in [0.29, 0.717) is 12.0 Å². The van der Waals surface area contributed by atoms with Crippen LogP contribution in [0.15, 0.2) is 29.2 Å². The van der Waals surface area contributed by atoms with Crippen LogP contribution in [0.2, 0.25) is 0 Å². The molecular weight excluding hydrogens is 344 g/mol. The number of piperazine rings is 1. The summed E-state index contributed by atoms with van der Waals surface area (Å²) in [5, 5.41) is 3.09. The maximum atomic E-state index is 12.6. The first-order chi connectivity index (χ1) is 12.6. The number of piperidine rings is 1. The van der Waals surface area contributed by atoms with Gasteiger partial charge in [0.15, 0.2) is 0 Å². The van der Waals surface area contributed by atoms with Crippen molar-refractivity contribution in [2.24, 2.45) is 5.92 Å². The molecule has 2 fully saturated rings. The van der Waals surface area contributed by atoms with Crippen molar-refractivity contribution >= 4 is 23.5 Å². The summed E-state index contributed by atoms with van der Waals surface area (Å²) in [7, 11) is 2.20. The second-order valence-electron chi connectivity index (χ2n) is 7.53. The molecule has 2 saturated heterocycles. The van der Waals surface area contributed by atoms with Gasteiger partial charge in [-0.25, -0.2) is 4.79 Å². The quantitative estimate of drug-likeness (QED) is 0.819. The zero-order valence-corrected chi connectivity index (χ0v) is 17.1. The van der Waals surface area contributed by atoms with Crippen LogP contribution in [0.4, 0.5) is 10.5 Å². The van der Waals surface area contributed by atoms with Gasteiger partial charge in [-0.3, -0.25) is 4.90 Å². The number of anilines is 1. The first-order valence-corrected chi connectivity index (χ1v) is 10.9. The number of rotatable bonds is 4. The first-order valence-electron chi connectivity index (χ1n) is 9.70. The number of nitrogens with one attached hydrogen (secondary N) is 1. The number of urea groups is 1. The molecule has 0 saturated carbocycles. The van der Waals surface area contributed by atoms with Crippen LogP contribution in [0.25, 0.3) is 0 Å². The highest BCUT2D eigenvalue weighted by atomic mass is 32.2. The number of carbonyl (C=O) groups is 1. The normalized spacial score (nSPS) is 21.6. The Morgan fingerprint density at radius 2 is 1.77 bits per heavy atom. The monoisotopic (exact) mass is 376 g/mol. The number of nitrogens with zero attached hydrogens (tertiary/aromatic N) is 3. The molecule has 1 atom stereocenters. The van der Waals surface area contributed by atoms with E-state index in [-0.39, 0.29) is 6.03 Å². The Morgan fingerprint density at radius 3 is 2.42 bits per heavy atom. The fourth-order valence-electron chi connectivity index (χ4n) is 4.05. The van der Waals surface area contributed by atoms with Gasteiger partial charge in [0, 0.05) is 50.2 Å². The molecule has 1 aromatic rings. The highest BCUT2D eigenvalue weighted by molar-refractivity contribution is 7.98. The van der Waals surface area contributed by atoms with Crippen molar-refractivity contribution in [3.8, 4) is 0 Å². The number of para-hydroxylation sites is 1. The van der Waals surface area contributed by atoms with Crippen LogP contribution in [0.5, 0.6) is 0 Å². The second kappa shape index (κ2) is 9.11. The minimum atomic E-state index is 0.0391. The largest absolute Gasteiger partial charge is 0.325 e. The third kappa shape index (κ3) is 4.72. The van der Waals surface area contributed by atoms with Gasteiger partial charge in [-0.05, 0) is 51.1 Å². The Morgan fingerprint density at radius 1 is 1.12 bits per heavy atom. The van der Waals surface area contributed by atoms with E-state index in [1.54, 1.807) is 11.8 Å². The second-order valence-corrected chi connectivity index (χ2v) is 8.38. The van der Waals surface area contributed by atoms with Gasteiger partial charge in [0.25, 0.3) is 0 Å². The van der Waals surface area contributed by atoms with Gasteiger partial charge in [-0.15, -0.1) is 11.8 Å². The smallest absolute Gasteiger partial charge is 0.321 e. The third-order valence-corrected chi connectivity index (χ3v) is 6.77. The lowest BCUT2D eigenvalue weighted by molar-refractivity contribution is 0.0676. The van der Waals surface area contributed by atoms with E-state index in [9.17, 15) is 4.79 Å². The summed E-state index contributed by atoms with van der Waals surface area (Å²) in [6, 6.07) is 8.66. The zero-order valence-electron chi connectivity index (χ0n) is 16.3. The van der Waals surface area contributed by atoms with Crippen molar-refractivity contribution < 1.29 is 4.79 Å². The predicted molar refractivity (Wildman–Crippen MR) is 110 cm³/mol. The minimum absolute atomic E-state index is 0.0391. The molecule has 144 valence electrons. The number of hydrogen-bond donors (Lipinski definition) is 1. The van der Waals surface area contributed by atoms with Crippen LogP contribution in [-0.4, -0.2) is 79.3 Å². The van der Waals surface area contributed by atoms with Gasteiger partial charge in [-0.1, -0.05) is 12.1 Å². The van der Waals surface area contributed by atoms with Gasteiger partial charge in [0.1, 0.15) is 0 Å². The molecule has 1 aromatic carbocycles. The van der Waals surface area contributed by atoms with E-state index in [0.717, 1.165) is 36.5 Å². The molecule has 0 spiro atoms. The van der Waals surface area contributed by atoms with Crippen LogP contribution in [0.1, 0.15) is 19.8 Å². The molecule has 5 nitrogen and oxygen atoms in total. The molecule has 2 aliphatic heterocycles. The van der Waals surface area contributed by atoms with Crippen molar-refractivity contribution in [1.82, 2.24) is 14.7 Å². The van der Waals surface area contributed by atoms with Gasteiger partial charge >= 0.3 is 6.03 Å². The maximum Gasteiger partial charge on any atom is 0.321 e. The molecule has 0 radical (unpaired) electrons. The number of carbonyl (C=O) groups excluding carboxylic acids is 1. The van der Waals surface area contributed by atoms with Crippen LogP contribution in [0, 0.1) is 5.92 Å². The Bertz CT molecular complexity index is 595. The lowest BCUT2D eigenvalue weighted by Gasteiger charge is -2.42. The standard InChI is InChI=1S/C20H32N4OS/c1-16(23-14-12-22(2)13-15-23)17-8-10-24(11-9-17)20(25)21-18-6-4-5-7-19(18)26-3/h4-7,16-17H,8-15H2,1-3H3,(H,21,25)/t16-/m0/s1. The van der Waals surface area contributed by atoms with Crippen molar-refractivity contribution in [2.45, 2.75) is 30.7 Å². The molecule has 0 aliphatic carbocycles. The summed E-state index contributed by atoms with van der Waals surface area (Å²) < 4.78 is 0. The molecule has 2 heterocycles. The van der Waals surface area contributed by atoms with E-state index < -0.39 is 0 Å². The van der Waals surface area contributed by atoms with Crippen LogP contribution >= 0.6 is 11.8 Å². The summed E-state index contributed by atoms with van der Waals surface area (Å²) in [6.45, 7) is 8.76. The van der Waals surface area contributed by atoms with E-state index >= 15 is 0 Å². The van der Waals surface area contributed by atoms with Gasteiger partial charge in [0.2, 0.25) is 0 Å². The van der Waals surface area contributed by atoms with E-state index in [1.165, 1.54) is 26.2 Å². The van der Waals surface area contributed by atoms with Crippen LogP contribution in [0.3, 0.4) is 0 Å². The highest BCUT2D eigenvalue weighted by Crippen LogP contribution is 2.27. The molecule has 0 bridgehead atoms. The summed E-state index contributed by atoms with van der Waals surface area (Å²) in [5.41, 5.74) is 0.915. The van der Waals surface area contributed by atoms with Gasteiger partial charge in [0.05, 0.1) is 5.69 Å². The Hall–Kier alpha value is -1.24. The molecule has 1 N–H and O–H groups in total. The summed E-state index contributed by atoms with van der Waals surface area (Å²) in [6.07, 6.45) is 4.24. The van der Waals surface area contributed by atoms with Crippen LogP contribution < -0.4 is 5.32 Å². The van der Waals surface area contributed by atoms with Gasteiger partial charge < -0.3 is 15.1 Å². The van der Waals surface area contributed by atoms with E-state index in [4.69, 9.17) is 0 Å². The number of benzene rings is 1. The van der Waals surface area contributed by atoms with Crippen LogP contribution in [-0.2, 0) is 0 Å². The zero-order chi connectivity index (χ0) is 18.5. The average Bonchev–Trinajstić information content (AvgIpc) is 2.68. The Labute approximate surface area is 162 Å². The molecule has 26 heavy (non-hydrogen) atoms. The number of likely N-dealkylation sites (tertiary alicyclic amines) is 1. The molecule has 2 amide bonds. The minimum Gasteiger partial charge on any atom is -0.325 e. The maximum absolute atomic E-state index is 12.6. The molecule has 2 aliphatic rings. The number of amides is 2. The van der Waals surface area contributed by atoms with E-state index in [1.807, 2.05) is 35.4 Å². The summed E-state index contributed by atoms with van der Waals surface area (Å²) in [5.74, 6) is 0.695. The van der Waals surface area contributed by atoms with Gasteiger partial charge in [-0.2, -0.15) is 0 Å². The molecule has 3 rings (SSSR count). The molecular formula is C20H32N4OS. The molecule has 6 heteroatoms. The van der Waals surface area contributed by atoms with Crippen molar-refractivity contribution in [3.05, 3.63) is 24.3 Å². The number of thioether (sulfide) groups is 1. The van der Waals surface area contributed by atoms with E-state index in [2.05, 4.69) is 29.1 Å². The Kier molecular flexibility index (Phi) is 6.84. The molecule has 0 unspecified atom stereocenters. The highest BCUT2D eigenvalue weighted by Gasteiger charge is 2.30. The summed E-state index contributed by atoms with van der Waals surface area (Å²) in [4.78, 5) is 20.8. The summed E-state index contributed by atoms with van der Waals surface area (Å²) >= 11 is 1.66. The fraction of sp³-hybridized carbons (Fsp3) is 0.650. The average molecular weight is 377 g/mol. The Balaban J connectivity index is 1.49. The lowest BCUT2D eigenvalue weighted by Crippen LogP contribution is -2.52. The third-order valence-electron chi connectivity index (χ3n) is 5.97. The number of likely N-dealkylation sites (N-methyl/N-ethyl adjacent to an activating group) is 1. The topological polar surface area (TPSA) is 38.8 Å². The fourth-order valence-corrected chi connectivity index (χ4v) is 4.61. The lowest BCUT2D eigenvalue weighted by atomic mass is 9.89. The predicted octanol–water partition coefficient (Wildman–Crippen LogP) is 3.29. The number of hydrogen-bond acceptors (Lipinski definition) is 4. The first kappa shape index (κ1) is 19.5. The molecule has 0 aromatic heterocycles. The van der Waals surface area contributed by atoms with Crippen molar-refractivity contribution in [3.63, 3.8) is 0 Å². The van der Waals surface area contributed by atoms with Crippen molar-refractivity contribution in [2.75, 3.05) is 57.9 Å². The van der Waals surface area contributed by atoms with Crippen molar-refractivity contribution in [1.29, 1.82) is 0 Å².